The summed E-state index contributed by atoms with van der Waals surface area (Å²) in [5, 5.41) is 4.36. The number of benzene rings is 1. The fraction of sp³-hybridized carbons (Fsp3) is 0.111. The van der Waals surface area contributed by atoms with Crippen molar-refractivity contribution >= 4 is 11.8 Å². The van der Waals surface area contributed by atoms with Crippen molar-refractivity contribution in [3.8, 4) is 0 Å². The highest BCUT2D eigenvalue weighted by Crippen LogP contribution is 2.24. The van der Waals surface area contributed by atoms with Crippen molar-refractivity contribution in [2.45, 2.75) is 0 Å². The van der Waals surface area contributed by atoms with Crippen molar-refractivity contribution < 1.29 is 0 Å². The number of rotatable bonds is 1. The van der Waals surface area contributed by atoms with Crippen LogP contribution < -0.4 is 5.01 Å². The van der Waals surface area contributed by atoms with E-state index in [2.05, 4.69) is 5.29 Å². The van der Waals surface area contributed by atoms with E-state index >= 15 is 0 Å². The van der Waals surface area contributed by atoms with Crippen LogP contribution >= 0.6 is 0 Å². The van der Waals surface area contributed by atoms with E-state index in [1.807, 2.05) is 36.4 Å². The van der Waals surface area contributed by atoms with Gasteiger partial charge in [0.15, 0.2) is 0 Å². The van der Waals surface area contributed by atoms with Gasteiger partial charge in [-0.15, -0.1) is 4.91 Å². The normalized spacial score (nSPS) is 14.2. The van der Waals surface area contributed by atoms with Crippen LogP contribution in [0.25, 0.3) is 6.08 Å². The third-order valence-corrected chi connectivity index (χ3v) is 1.89. The molecule has 0 unspecified atom stereocenters. The van der Waals surface area contributed by atoms with Crippen molar-refractivity contribution in [3.05, 3.63) is 40.8 Å². The topological polar surface area (TPSA) is 32.7 Å². The Morgan fingerprint density at radius 1 is 1.33 bits per heavy atom. The Morgan fingerprint density at radius 2 is 2.17 bits per heavy atom. The molecule has 0 atom stereocenters. The van der Waals surface area contributed by atoms with E-state index < -0.39 is 0 Å². The third-order valence-electron chi connectivity index (χ3n) is 1.89. The Balaban J connectivity index is 2.52. The van der Waals surface area contributed by atoms with Crippen LogP contribution in [0.5, 0.6) is 0 Å². The van der Waals surface area contributed by atoms with Crippen molar-refractivity contribution in [2.75, 3.05) is 11.6 Å². The van der Waals surface area contributed by atoms with Crippen LogP contribution in [0.15, 0.2) is 35.6 Å². The predicted octanol–water partition coefficient (Wildman–Crippen LogP) is 2.20. The number of para-hydroxylation sites is 1. The van der Waals surface area contributed by atoms with Gasteiger partial charge in [-0.3, -0.25) is 0 Å². The predicted molar refractivity (Wildman–Crippen MR) is 48.6 cm³/mol. The number of fused-ring (bicyclic) bond motifs is 1. The Morgan fingerprint density at radius 3 is 3.00 bits per heavy atom. The summed E-state index contributed by atoms with van der Waals surface area (Å²) in [6, 6.07) is 7.69. The van der Waals surface area contributed by atoms with Crippen molar-refractivity contribution in [3.63, 3.8) is 0 Å². The van der Waals surface area contributed by atoms with Gasteiger partial charge >= 0.3 is 0 Å². The molecule has 0 aromatic heterocycles. The second-order valence-corrected chi connectivity index (χ2v) is 2.62. The van der Waals surface area contributed by atoms with Gasteiger partial charge in [-0.05, 0) is 11.6 Å². The van der Waals surface area contributed by atoms with Crippen LogP contribution in [0.1, 0.15) is 5.56 Å². The summed E-state index contributed by atoms with van der Waals surface area (Å²) in [4.78, 5) is 10.4. The first-order chi connectivity index (χ1) is 5.92. The molecule has 0 spiro atoms. The minimum Gasteiger partial charge on any atom is -0.225 e. The fourth-order valence-electron chi connectivity index (χ4n) is 1.32. The summed E-state index contributed by atoms with van der Waals surface area (Å²) in [6.45, 7) is 0.570. The fourth-order valence-corrected chi connectivity index (χ4v) is 1.32. The molecule has 3 nitrogen and oxygen atoms in total. The van der Waals surface area contributed by atoms with Crippen LogP contribution in [-0.2, 0) is 0 Å². The Kier molecular flexibility index (Phi) is 1.63. The van der Waals surface area contributed by atoms with Crippen LogP contribution in [0.4, 0.5) is 5.69 Å². The van der Waals surface area contributed by atoms with Gasteiger partial charge in [0.25, 0.3) is 0 Å². The van der Waals surface area contributed by atoms with E-state index in [4.69, 9.17) is 0 Å². The number of hydrogen-bond donors (Lipinski definition) is 0. The quantitative estimate of drug-likeness (QED) is 0.590. The van der Waals surface area contributed by atoms with Gasteiger partial charge in [0.2, 0.25) is 0 Å². The van der Waals surface area contributed by atoms with Crippen LogP contribution in [-0.4, -0.2) is 6.54 Å². The molecule has 12 heavy (non-hydrogen) atoms. The molecule has 1 aromatic carbocycles. The zero-order chi connectivity index (χ0) is 8.39. The average molecular weight is 160 g/mol. The molecule has 60 valence electrons. The smallest absolute Gasteiger partial charge is 0.0702 e. The Hall–Kier alpha value is -1.64. The molecule has 0 aliphatic carbocycles. The highest BCUT2D eigenvalue weighted by Gasteiger charge is 2.11. The number of nitroso groups, excluding NO2 is 1. The minimum absolute atomic E-state index is 0.570. The second kappa shape index (κ2) is 2.77. The summed E-state index contributed by atoms with van der Waals surface area (Å²) in [7, 11) is 0. The van der Waals surface area contributed by atoms with E-state index in [0.717, 1.165) is 11.3 Å². The van der Waals surface area contributed by atoms with E-state index in [-0.39, 0.29) is 0 Å². The number of anilines is 1. The molecule has 1 aliphatic heterocycles. The number of hydrogen-bond acceptors (Lipinski definition) is 2. The van der Waals surface area contributed by atoms with Gasteiger partial charge in [-0.1, -0.05) is 30.4 Å². The zero-order valence-electron chi connectivity index (χ0n) is 6.47. The molecule has 0 amide bonds. The lowest BCUT2D eigenvalue weighted by atomic mass is 10.1. The Labute approximate surface area is 70.3 Å². The molecular formula is C9H8N2O. The van der Waals surface area contributed by atoms with Crippen molar-refractivity contribution in [1.82, 2.24) is 0 Å². The van der Waals surface area contributed by atoms with E-state index in [9.17, 15) is 4.91 Å². The largest absolute Gasteiger partial charge is 0.225 e. The summed E-state index contributed by atoms with van der Waals surface area (Å²) >= 11 is 0. The maximum absolute atomic E-state index is 10.4. The molecule has 0 N–H and O–H groups in total. The molecule has 1 aromatic rings. The monoisotopic (exact) mass is 160 g/mol. The van der Waals surface area contributed by atoms with E-state index in [1.165, 1.54) is 5.01 Å². The lowest BCUT2D eigenvalue weighted by molar-refractivity contribution is 0.922. The number of nitrogens with zero attached hydrogens (tertiary/aromatic N) is 2. The first-order valence-electron chi connectivity index (χ1n) is 3.78. The minimum atomic E-state index is 0.570. The third kappa shape index (κ3) is 0.993. The molecule has 3 heteroatoms. The molecule has 0 saturated heterocycles. The lowest BCUT2D eigenvalue weighted by Gasteiger charge is -2.18. The molecule has 1 heterocycles. The van der Waals surface area contributed by atoms with E-state index in [0.29, 0.717) is 6.54 Å². The highest BCUT2D eigenvalue weighted by atomic mass is 16.3. The van der Waals surface area contributed by atoms with Gasteiger partial charge in [-0.25, -0.2) is 5.01 Å². The molecule has 2 rings (SSSR count). The second-order valence-electron chi connectivity index (χ2n) is 2.62. The molecular weight excluding hydrogens is 152 g/mol. The van der Waals surface area contributed by atoms with Gasteiger partial charge in [0.1, 0.15) is 0 Å². The summed E-state index contributed by atoms with van der Waals surface area (Å²) in [5.74, 6) is 0. The summed E-state index contributed by atoms with van der Waals surface area (Å²) in [6.07, 6.45) is 3.92. The molecule has 0 saturated carbocycles. The Bertz CT molecular complexity index is 333. The summed E-state index contributed by atoms with van der Waals surface area (Å²) < 4.78 is 0. The van der Waals surface area contributed by atoms with Crippen molar-refractivity contribution in [2.24, 2.45) is 5.29 Å². The molecule has 1 aliphatic rings. The lowest BCUT2D eigenvalue weighted by Crippen LogP contribution is -2.18. The van der Waals surface area contributed by atoms with Crippen molar-refractivity contribution in [1.29, 1.82) is 0 Å². The van der Waals surface area contributed by atoms with Gasteiger partial charge in [-0.2, -0.15) is 0 Å². The van der Waals surface area contributed by atoms with Crippen LogP contribution in [0, 0.1) is 4.91 Å². The van der Waals surface area contributed by atoms with E-state index in [1.54, 1.807) is 0 Å². The average Bonchev–Trinajstić information content (AvgIpc) is 2.17. The molecule has 0 radical (unpaired) electrons. The molecule has 0 bridgehead atoms. The molecule has 0 fully saturated rings. The van der Waals surface area contributed by atoms with Crippen LogP contribution in [0.2, 0.25) is 0 Å². The SMILES string of the molecule is O=NN1CC=Cc2ccccc21. The maximum atomic E-state index is 10.4. The first kappa shape index (κ1) is 7.03. The van der Waals surface area contributed by atoms with Gasteiger partial charge < -0.3 is 0 Å². The zero-order valence-corrected chi connectivity index (χ0v) is 6.47. The first-order valence-corrected chi connectivity index (χ1v) is 3.78. The standard InChI is InChI=1S/C9H8N2O/c12-10-11-7-3-5-8-4-1-2-6-9(8)11/h1-6H,7H2. The maximum Gasteiger partial charge on any atom is 0.0702 e. The van der Waals surface area contributed by atoms with Gasteiger partial charge in [0.05, 0.1) is 17.5 Å². The van der Waals surface area contributed by atoms with Crippen LogP contribution in [0.3, 0.4) is 0 Å². The highest BCUT2D eigenvalue weighted by molar-refractivity contribution is 5.70. The van der Waals surface area contributed by atoms with Gasteiger partial charge in [0, 0.05) is 0 Å². The summed E-state index contributed by atoms with van der Waals surface area (Å²) in [5.41, 5.74) is 1.93.